The van der Waals surface area contributed by atoms with Crippen LogP contribution in [0.25, 0.3) is 5.57 Å². The highest BCUT2D eigenvalue weighted by atomic mass is 32.1. The lowest BCUT2D eigenvalue weighted by atomic mass is 10.1. The fraction of sp³-hybridized carbons (Fsp3) is 0.619. The van der Waals surface area contributed by atoms with E-state index in [-0.39, 0.29) is 24.5 Å². The predicted octanol–water partition coefficient (Wildman–Crippen LogP) is 2.16. The van der Waals surface area contributed by atoms with Gasteiger partial charge in [-0.25, -0.2) is 0 Å². The fourth-order valence-corrected chi connectivity index (χ4v) is 5.42. The zero-order valence-corrected chi connectivity index (χ0v) is 17.1. The highest BCUT2D eigenvalue weighted by Crippen LogP contribution is 2.37. The molecular weight excluding hydrogens is 374 g/mol. The number of aliphatic hydroxyl groups excluding tert-OH is 1. The zero-order chi connectivity index (χ0) is 19.5. The topological polar surface area (TPSA) is 64.1 Å². The molecule has 3 heterocycles. The summed E-state index contributed by atoms with van der Waals surface area (Å²) >= 11 is 1.53. The summed E-state index contributed by atoms with van der Waals surface area (Å²) in [4.78, 5) is 33.7. The van der Waals surface area contributed by atoms with Crippen molar-refractivity contribution in [2.75, 3.05) is 39.3 Å². The van der Waals surface area contributed by atoms with E-state index < -0.39 is 0 Å². The summed E-state index contributed by atoms with van der Waals surface area (Å²) in [5.74, 6) is -0.206. The number of thiophene rings is 1. The van der Waals surface area contributed by atoms with Crippen LogP contribution in [0.3, 0.4) is 0 Å². The maximum atomic E-state index is 13.5. The molecule has 152 valence electrons. The quantitative estimate of drug-likeness (QED) is 0.603. The number of amides is 2. The Bertz CT molecular complexity index is 730. The van der Waals surface area contributed by atoms with E-state index in [4.69, 9.17) is 0 Å². The molecular formula is C21H29N3O3S. The van der Waals surface area contributed by atoms with Gasteiger partial charge >= 0.3 is 0 Å². The first-order valence-electron chi connectivity index (χ1n) is 10.4. The summed E-state index contributed by atoms with van der Waals surface area (Å²) in [6, 6.07) is 3.92. The van der Waals surface area contributed by atoms with Gasteiger partial charge in [0, 0.05) is 43.6 Å². The predicted molar refractivity (Wildman–Crippen MR) is 110 cm³/mol. The molecule has 2 amide bonds. The van der Waals surface area contributed by atoms with Crippen LogP contribution in [0.1, 0.15) is 43.4 Å². The van der Waals surface area contributed by atoms with Crippen LogP contribution >= 0.6 is 11.3 Å². The first-order chi connectivity index (χ1) is 13.7. The molecule has 1 saturated heterocycles. The number of rotatable bonds is 5. The van der Waals surface area contributed by atoms with Crippen LogP contribution in [-0.2, 0) is 9.59 Å². The number of aliphatic hydroxyl groups is 1. The van der Waals surface area contributed by atoms with Crippen molar-refractivity contribution in [3.8, 4) is 0 Å². The fourth-order valence-electron chi connectivity index (χ4n) is 4.66. The molecule has 6 nitrogen and oxygen atoms in total. The summed E-state index contributed by atoms with van der Waals surface area (Å²) < 4.78 is 0. The second kappa shape index (κ2) is 8.76. The first kappa shape index (κ1) is 19.6. The Morgan fingerprint density at radius 2 is 1.71 bits per heavy atom. The number of imide groups is 1. The minimum absolute atomic E-state index is 0.0330. The Kier molecular flexibility index (Phi) is 6.13. The third-order valence-corrected chi connectivity index (χ3v) is 7.04. The second-order valence-electron chi connectivity index (χ2n) is 7.88. The van der Waals surface area contributed by atoms with Gasteiger partial charge in [0.05, 0.1) is 12.2 Å². The van der Waals surface area contributed by atoms with Crippen molar-refractivity contribution in [2.24, 2.45) is 0 Å². The number of carbonyl (C=O) groups is 2. The van der Waals surface area contributed by atoms with Crippen molar-refractivity contribution < 1.29 is 14.7 Å². The SMILES string of the molecule is O=C1C(c2cccs2)=C(N2CCN(CCO)CC2)C(=O)N1C1CCCCCC1. The van der Waals surface area contributed by atoms with Gasteiger partial charge in [-0.2, -0.15) is 0 Å². The van der Waals surface area contributed by atoms with E-state index >= 15 is 0 Å². The molecule has 2 fully saturated rings. The number of hydrogen-bond donors (Lipinski definition) is 1. The smallest absolute Gasteiger partial charge is 0.278 e. The van der Waals surface area contributed by atoms with Gasteiger partial charge in [-0.1, -0.05) is 31.7 Å². The van der Waals surface area contributed by atoms with Gasteiger partial charge in [-0.05, 0) is 24.3 Å². The average molecular weight is 404 g/mol. The van der Waals surface area contributed by atoms with E-state index in [0.29, 0.717) is 30.9 Å². The largest absolute Gasteiger partial charge is 0.395 e. The summed E-state index contributed by atoms with van der Waals surface area (Å²) in [5.41, 5.74) is 1.19. The maximum absolute atomic E-state index is 13.5. The van der Waals surface area contributed by atoms with E-state index in [9.17, 15) is 14.7 Å². The van der Waals surface area contributed by atoms with Gasteiger partial charge < -0.3 is 10.0 Å². The number of nitrogens with zero attached hydrogens (tertiary/aromatic N) is 3. The van der Waals surface area contributed by atoms with Gasteiger partial charge in [0.2, 0.25) is 0 Å². The van der Waals surface area contributed by atoms with E-state index in [1.807, 2.05) is 17.5 Å². The highest BCUT2D eigenvalue weighted by molar-refractivity contribution is 7.11. The summed E-state index contributed by atoms with van der Waals surface area (Å²) in [7, 11) is 0. The van der Waals surface area contributed by atoms with Crippen molar-refractivity contribution in [3.05, 3.63) is 28.1 Å². The molecule has 1 saturated carbocycles. The lowest BCUT2D eigenvalue weighted by Gasteiger charge is -2.36. The Hall–Kier alpha value is -1.70. The molecule has 1 aromatic rings. The van der Waals surface area contributed by atoms with Crippen molar-refractivity contribution in [2.45, 2.75) is 44.6 Å². The molecule has 2 aliphatic heterocycles. The molecule has 0 spiro atoms. The van der Waals surface area contributed by atoms with Crippen LogP contribution < -0.4 is 0 Å². The summed E-state index contributed by atoms with van der Waals surface area (Å²) in [5, 5.41) is 11.1. The van der Waals surface area contributed by atoms with Crippen molar-refractivity contribution in [1.82, 2.24) is 14.7 Å². The molecule has 7 heteroatoms. The average Bonchev–Trinajstić information content (AvgIpc) is 3.21. The highest BCUT2D eigenvalue weighted by Gasteiger charge is 2.45. The number of hydrogen-bond acceptors (Lipinski definition) is 6. The van der Waals surface area contributed by atoms with Crippen LogP contribution in [0.5, 0.6) is 0 Å². The molecule has 1 aliphatic carbocycles. The lowest BCUT2D eigenvalue weighted by molar-refractivity contribution is -0.140. The van der Waals surface area contributed by atoms with Crippen LogP contribution in [-0.4, -0.2) is 77.0 Å². The Balaban J connectivity index is 1.62. The number of piperazine rings is 1. The minimum atomic E-state index is -0.105. The Morgan fingerprint density at radius 3 is 2.32 bits per heavy atom. The number of β-amino-alcohol motifs (C(OH)–C–C–N with tert-alkyl or cyclic N) is 1. The van der Waals surface area contributed by atoms with Crippen molar-refractivity contribution in [3.63, 3.8) is 0 Å². The normalized spacial score (nSPS) is 23.0. The molecule has 0 bridgehead atoms. The maximum Gasteiger partial charge on any atom is 0.278 e. The standard InChI is InChI=1S/C21H29N3O3S/c25-14-13-22-9-11-23(12-10-22)19-18(17-8-5-15-28-17)20(26)24(21(19)27)16-6-3-1-2-4-7-16/h5,8,15-16,25H,1-4,6-7,9-14H2. The van der Waals surface area contributed by atoms with E-state index in [1.54, 1.807) is 4.90 Å². The Morgan fingerprint density at radius 1 is 1.00 bits per heavy atom. The van der Waals surface area contributed by atoms with Gasteiger partial charge in [0.15, 0.2) is 0 Å². The first-order valence-corrected chi connectivity index (χ1v) is 11.3. The van der Waals surface area contributed by atoms with Crippen LogP contribution in [0, 0.1) is 0 Å². The van der Waals surface area contributed by atoms with Crippen molar-refractivity contribution in [1.29, 1.82) is 0 Å². The van der Waals surface area contributed by atoms with Crippen molar-refractivity contribution >= 4 is 28.7 Å². The molecule has 1 N–H and O–H groups in total. The van der Waals surface area contributed by atoms with Crippen LogP contribution in [0.4, 0.5) is 0 Å². The molecule has 0 unspecified atom stereocenters. The summed E-state index contributed by atoms with van der Waals surface area (Å²) in [6.45, 7) is 3.82. The Labute approximate surface area is 170 Å². The molecule has 28 heavy (non-hydrogen) atoms. The van der Waals surface area contributed by atoms with E-state index in [1.165, 1.54) is 24.2 Å². The second-order valence-corrected chi connectivity index (χ2v) is 8.83. The van der Waals surface area contributed by atoms with Gasteiger partial charge in [-0.15, -0.1) is 11.3 Å². The van der Waals surface area contributed by atoms with Gasteiger partial charge in [-0.3, -0.25) is 19.4 Å². The third kappa shape index (κ3) is 3.75. The monoisotopic (exact) mass is 403 g/mol. The lowest BCUT2D eigenvalue weighted by Crippen LogP contribution is -2.49. The van der Waals surface area contributed by atoms with E-state index in [0.717, 1.165) is 43.6 Å². The molecule has 3 aliphatic rings. The third-order valence-electron chi connectivity index (χ3n) is 6.15. The molecule has 4 rings (SSSR count). The van der Waals surface area contributed by atoms with E-state index in [2.05, 4.69) is 9.80 Å². The molecule has 0 radical (unpaired) electrons. The van der Waals surface area contributed by atoms with Gasteiger partial charge in [0.25, 0.3) is 11.8 Å². The molecule has 0 atom stereocenters. The van der Waals surface area contributed by atoms with Crippen LogP contribution in [0.2, 0.25) is 0 Å². The molecule has 1 aromatic heterocycles. The van der Waals surface area contributed by atoms with Crippen LogP contribution in [0.15, 0.2) is 23.2 Å². The molecule has 0 aromatic carbocycles. The zero-order valence-electron chi connectivity index (χ0n) is 16.3. The summed E-state index contributed by atoms with van der Waals surface area (Å²) in [6.07, 6.45) is 6.41. The minimum Gasteiger partial charge on any atom is -0.395 e. The van der Waals surface area contributed by atoms with Gasteiger partial charge in [0.1, 0.15) is 5.70 Å². The number of carbonyl (C=O) groups excluding carboxylic acids is 2.